The number of halogens is 1. The van der Waals surface area contributed by atoms with E-state index in [1.807, 2.05) is 42.7 Å². The molecule has 0 saturated heterocycles. The number of nitrogens with zero attached hydrogens (tertiary/aromatic N) is 3. The first kappa shape index (κ1) is 22.5. The first-order chi connectivity index (χ1) is 15.8. The van der Waals surface area contributed by atoms with Gasteiger partial charge in [0.05, 0.1) is 18.1 Å². The van der Waals surface area contributed by atoms with E-state index >= 15 is 0 Å². The molecular formula is C26H27FN4O2. The van der Waals surface area contributed by atoms with Crippen molar-refractivity contribution >= 4 is 22.4 Å². The summed E-state index contributed by atoms with van der Waals surface area (Å²) in [5.74, 6) is -0.217. The summed E-state index contributed by atoms with van der Waals surface area (Å²) < 4.78 is 17.3. The Bertz CT molecular complexity index is 1380. The summed E-state index contributed by atoms with van der Waals surface area (Å²) in [6.45, 7) is 8.04. The molecule has 0 bridgehead atoms. The number of carbonyl (C=O) groups is 1. The number of aromatic nitrogens is 3. The van der Waals surface area contributed by atoms with Crippen molar-refractivity contribution in [3.63, 3.8) is 0 Å². The second kappa shape index (κ2) is 9.02. The lowest BCUT2D eigenvalue weighted by molar-refractivity contribution is -0.117. The predicted molar refractivity (Wildman–Crippen MR) is 128 cm³/mol. The number of amides is 1. The minimum absolute atomic E-state index is 0.197. The molecule has 0 aliphatic rings. The summed E-state index contributed by atoms with van der Waals surface area (Å²) in [7, 11) is 0. The van der Waals surface area contributed by atoms with Crippen LogP contribution in [0.15, 0.2) is 59.5 Å². The number of benzene rings is 2. The number of carbonyl (C=O) groups excluding carboxylic acids is 1. The molecule has 0 aliphatic carbocycles. The van der Waals surface area contributed by atoms with Gasteiger partial charge in [0.25, 0.3) is 5.56 Å². The SMILES string of the molecule is Cc1c2cnn(CC(=O)Nc3ccc(C(C)C)cc3)c(=O)c2c(C)n1Cc1ccccc1F. The van der Waals surface area contributed by atoms with Gasteiger partial charge in [0.2, 0.25) is 5.91 Å². The van der Waals surface area contributed by atoms with Gasteiger partial charge in [-0.1, -0.05) is 44.2 Å². The summed E-state index contributed by atoms with van der Waals surface area (Å²) in [4.78, 5) is 25.7. The van der Waals surface area contributed by atoms with Gasteiger partial charge >= 0.3 is 0 Å². The monoisotopic (exact) mass is 446 g/mol. The van der Waals surface area contributed by atoms with Crippen LogP contribution in [-0.2, 0) is 17.9 Å². The Labute approximate surface area is 191 Å². The van der Waals surface area contributed by atoms with Gasteiger partial charge in [-0.25, -0.2) is 9.07 Å². The molecule has 1 amide bonds. The highest BCUT2D eigenvalue weighted by molar-refractivity contribution is 5.91. The van der Waals surface area contributed by atoms with Gasteiger partial charge in [-0.3, -0.25) is 9.59 Å². The molecule has 0 radical (unpaired) electrons. The van der Waals surface area contributed by atoms with Crippen LogP contribution in [0.4, 0.5) is 10.1 Å². The van der Waals surface area contributed by atoms with Gasteiger partial charge in [-0.15, -0.1) is 0 Å². The van der Waals surface area contributed by atoms with E-state index in [9.17, 15) is 14.0 Å². The van der Waals surface area contributed by atoms with Crippen LogP contribution in [0.2, 0.25) is 0 Å². The predicted octanol–water partition coefficient (Wildman–Crippen LogP) is 4.76. The largest absolute Gasteiger partial charge is 0.343 e. The maximum absolute atomic E-state index is 14.2. The van der Waals surface area contributed by atoms with Crippen molar-refractivity contribution in [2.75, 3.05) is 5.32 Å². The van der Waals surface area contributed by atoms with Gasteiger partial charge in [-0.05, 0) is 43.5 Å². The molecule has 2 heterocycles. The lowest BCUT2D eigenvalue weighted by Crippen LogP contribution is -2.29. The first-order valence-electron chi connectivity index (χ1n) is 10.9. The molecule has 2 aromatic heterocycles. The van der Waals surface area contributed by atoms with Crippen LogP contribution in [0.3, 0.4) is 0 Å². The Kier molecular flexibility index (Phi) is 6.14. The van der Waals surface area contributed by atoms with Crippen LogP contribution in [0, 0.1) is 19.7 Å². The van der Waals surface area contributed by atoms with Crippen LogP contribution in [0.5, 0.6) is 0 Å². The Hall–Kier alpha value is -3.74. The number of hydrogen-bond donors (Lipinski definition) is 1. The number of rotatable bonds is 6. The Morgan fingerprint density at radius 3 is 2.42 bits per heavy atom. The minimum atomic E-state index is -0.342. The summed E-state index contributed by atoms with van der Waals surface area (Å²) in [6, 6.07) is 14.2. The van der Waals surface area contributed by atoms with Gasteiger partial charge in [-0.2, -0.15) is 5.10 Å². The molecule has 0 aliphatic heterocycles. The average molecular weight is 447 g/mol. The topological polar surface area (TPSA) is 68.9 Å². The van der Waals surface area contributed by atoms with Crippen molar-refractivity contribution in [2.45, 2.75) is 46.7 Å². The fourth-order valence-corrected chi connectivity index (χ4v) is 4.08. The highest BCUT2D eigenvalue weighted by Crippen LogP contribution is 2.24. The molecule has 0 saturated carbocycles. The second-order valence-electron chi connectivity index (χ2n) is 8.57. The molecule has 0 atom stereocenters. The van der Waals surface area contributed by atoms with Crippen molar-refractivity contribution in [1.82, 2.24) is 14.3 Å². The number of aryl methyl sites for hydroxylation is 2. The molecule has 7 heteroatoms. The van der Waals surface area contributed by atoms with E-state index in [0.29, 0.717) is 34.5 Å². The van der Waals surface area contributed by atoms with Gasteiger partial charge in [0.1, 0.15) is 12.4 Å². The maximum Gasteiger partial charge on any atom is 0.276 e. The molecule has 33 heavy (non-hydrogen) atoms. The zero-order chi connectivity index (χ0) is 23.7. The fourth-order valence-electron chi connectivity index (χ4n) is 4.08. The van der Waals surface area contributed by atoms with E-state index in [0.717, 1.165) is 11.4 Å². The lowest BCUT2D eigenvalue weighted by atomic mass is 10.0. The van der Waals surface area contributed by atoms with Crippen molar-refractivity contribution in [2.24, 2.45) is 0 Å². The molecule has 0 fully saturated rings. The van der Waals surface area contributed by atoms with E-state index in [1.165, 1.54) is 16.3 Å². The zero-order valence-corrected chi connectivity index (χ0v) is 19.2. The van der Waals surface area contributed by atoms with Crippen molar-refractivity contribution in [3.8, 4) is 0 Å². The highest BCUT2D eigenvalue weighted by Gasteiger charge is 2.18. The van der Waals surface area contributed by atoms with E-state index in [-0.39, 0.29) is 23.8 Å². The second-order valence-corrected chi connectivity index (χ2v) is 8.57. The average Bonchev–Trinajstić information content (AvgIpc) is 3.02. The van der Waals surface area contributed by atoms with Gasteiger partial charge in [0, 0.05) is 28.0 Å². The first-order valence-corrected chi connectivity index (χ1v) is 10.9. The van der Waals surface area contributed by atoms with Crippen molar-refractivity contribution in [1.29, 1.82) is 0 Å². The quantitative estimate of drug-likeness (QED) is 0.464. The van der Waals surface area contributed by atoms with E-state index in [1.54, 1.807) is 24.4 Å². The number of anilines is 1. The Balaban J connectivity index is 1.60. The standard InChI is InChI=1S/C26H27FN4O2/c1-16(2)19-9-11-21(12-10-19)29-24(32)15-31-26(33)25-18(4)30(17(3)22(25)13-28-31)14-20-7-5-6-8-23(20)27/h5-13,16H,14-15H2,1-4H3,(H,29,32). The fraction of sp³-hybridized carbons (Fsp3) is 0.269. The highest BCUT2D eigenvalue weighted by atomic mass is 19.1. The van der Waals surface area contributed by atoms with Crippen LogP contribution in [-0.4, -0.2) is 20.3 Å². The van der Waals surface area contributed by atoms with Crippen LogP contribution >= 0.6 is 0 Å². The normalized spacial score (nSPS) is 11.3. The summed E-state index contributed by atoms with van der Waals surface area (Å²) in [5, 5.41) is 8.23. The maximum atomic E-state index is 14.2. The molecule has 1 N–H and O–H groups in total. The third-order valence-corrected chi connectivity index (χ3v) is 6.05. The van der Waals surface area contributed by atoms with Crippen molar-refractivity contribution in [3.05, 3.63) is 93.4 Å². The minimum Gasteiger partial charge on any atom is -0.343 e. The third kappa shape index (κ3) is 4.44. The molecule has 4 aromatic rings. The van der Waals surface area contributed by atoms with Gasteiger partial charge < -0.3 is 9.88 Å². The summed E-state index contributed by atoms with van der Waals surface area (Å²) >= 11 is 0. The number of nitrogens with one attached hydrogen (secondary N) is 1. The number of fused-ring (bicyclic) bond motifs is 1. The van der Waals surface area contributed by atoms with E-state index < -0.39 is 0 Å². The van der Waals surface area contributed by atoms with E-state index in [4.69, 9.17) is 0 Å². The van der Waals surface area contributed by atoms with Crippen LogP contribution in [0.1, 0.15) is 42.3 Å². The van der Waals surface area contributed by atoms with Crippen LogP contribution in [0.25, 0.3) is 10.8 Å². The Morgan fingerprint density at radius 1 is 1.06 bits per heavy atom. The summed E-state index contributed by atoms with van der Waals surface area (Å²) in [5.41, 5.74) is 3.60. The molecular weight excluding hydrogens is 419 g/mol. The Morgan fingerprint density at radius 2 is 1.76 bits per heavy atom. The molecule has 2 aromatic carbocycles. The van der Waals surface area contributed by atoms with E-state index in [2.05, 4.69) is 24.3 Å². The number of hydrogen-bond acceptors (Lipinski definition) is 3. The molecule has 0 spiro atoms. The smallest absolute Gasteiger partial charge is 0.276 e. The third-order valence-electron chi connectivity index (χ3n) is 6.05. The summed E-state index contributed by atoms with van der Waals surface area (Å²) in [6.07, 6.45) is 1.60. The lowest BCUT2D eigenvalue weighted by Gasteiger charge is -2.10. The van der Waals surface area contributed by atoms with Crippen molar-refractivity contribution < 1.29 is 9.18 Å². The molecule has 170 valence electrons. The van der Waals surface area contributed by atoms with Gasteiger partial charge in [0.15, 0.2) is 0 Å². The molecule has 6 nitrogen and oxygen atoms in total. The van der Waals surface area contributed by atoms with Crippen LogP contribution < -0.4 is 10.9 Å². The zero-order valence-electron chi connectivity index (χ0n) is 19.2. The molecule has 4 rings (SSSR count). The molecule has 0 unspecified atom stereocenters.